The molecule has 0 unspecified atom stereocenters. The van der Waals surface area contributed by atoms with Gasteiger partial charge in [0.25, 0.3) is 0 Å². The summed E-state index contributed by atoms with van der Waals surface area (Å²) in [6.45, 7) is 5.19. The van der Waals surface area contributed by atoms with Crippen LogP contribution < -0.4 is 14.2 Å². The van der Waals surface area contributed by atoms with Gasteiger partial charge in [-0.15, -0.1) is 0 Å². The molecule has 2 aromatic carbocycles. The molecule has 1 atom stereocenters. The molecule has 2 aliphatic heterocycles. The van der Waals surface area contributed by atoms with E-state index >= 15 is 0 Å². The molecular weight excluding hydrogens is 452 g/mol. The van der Waals surface area contributed by atoms with E-state index in [9.17, 15) is 0 Å². The molecular formula is C27H31ClN2O4. The molecule has 7 heteroatoms. The third kappa shape index (κ3) is 4.38. The van der Waals surface area contributed by atoms with Crippen molar-refractivity contribution in [1.29, 1.82) is 0 Å². The maximum atomic E-state index is 6.65. The Morgan fingerprint density at radius 2 is 1.88 bits per heavy atom. The standard InChI is InChI=1S/C27H31ClN2O4/c1-19(31-2)18-33-23-9-6-20(15-25(23)32-3)17-29-13-10-27(11-14-29)26-5-4-12-30(26)22-8-7-21(28)16-24(22)34-27/h4-9,12,15-16,19H,10-11,13-14,17-18H2,1-3H3/t19-/m0/s1. The van der Waals surface area contributed by atoms with Gasteiger partial charge < -0.3 is 23.5 Å². The van der Waals surface area contributed by atoms with Crippen molar-refractivity contribution in [2.75, 3.05) is 33.9 Å². The summed E-state index contributed by atoms with van der Waals surface area (Å²) in [5.41, 5.74) is 3.14. The van der Waals surface area contributed by atoms with E-state index < -0.39 is 0 Å². The van der Waals surface area contributed by atoms with Gasteiger partial charge in [-0.1, -0.05) is 17.7 Å². The van der Waals surface area contributed by atoms with E-state index in [-0.39, 0.29) is 11.7 Å². The molecule has 1 fully saturated rings. The number of ether oxygens (including phenoxy) is 4. The Kier molecular flexibility index (Phi) is 6.47. The topological polar surface area (TPSA) is 45.1 Å². The third-order valence-electron chi connectivity index (χ3n) is 6.88. The highest BCUT2D eigenvalue weighted by atomic mass is 35.5. The molecule has 1 saturated heterocycles. The van der Waals surface area contributed by atoms with E-state index in [1.807, 2.05) is 31.2 Å². The van der Waals surface area contributed by atoms with Crippen LogP contribution >= 0.6 is 11.6 Å². The largest absolute Gasteiger partial charge is 0.493 e. The number of hydrogen-bond acceptors (Lipinski definition) is 5. The monoisotopic (exact) mass is 482 g/mol. The van der Waals surface area contributed by atoms with Crippen molar-refractivity contribution < 1.29 is 18.9 Å². The van der Waals surface area contributed by atoms with E-state index in [4.69, 9.17) is 30.5 Å². The Balaban J connectivity index is 1.27. The van der Waals surface area contributed by atoms with E-state index in [1.165, 1.54) is 11.3 Å². The lowest BCUT2D eigenvalue weighted by Crippen LogP contribution is -2.48. The van der Waals surface area contributed by atoms with Gasteiger partial charge in [0.15, 0.2) is 17.1 Å². The van der Waals surface area contributed by atoms with Gasteiger partial charge in [-0.3, -0.25) is 4.90 Å². The molecule has 2 aliphatic rings. The van der Waals surface area contributed by atoms with Crippen molar-refractivity contribution in [3.63, 3.8) is 0 Å². The van der Waals surface area contributed by atoms with E-state index in [1.54, 1.807) is 14.2 Å². The van der Waals surface area contributed by atoms with Gasteiger partial charge in [-0.05, 0) is 48.9 Å². The van der Waals surface area contributed by atoms with Crippen LogP contribution in [0.25, 0.3) is 5.69 Å². The summed E-state index contributed by atoms with van der Waals surface area (Å²) in [5, 5.41) is 0.694. The number of rotatable bonds is 7. The molecule has 3 aromatic rings. The fraction of sp³-hybridized carbons (Fsp3) is 0.407. The van der Waals surface area contributed by atoms with Crippen molar-refractivity contribution in [2.24, 2.45) is 0 Å². The number of methoxy groups -OCH3 is 2. The first-order chi connectivity index (χ1) is 16.5. The molecule has 0 amide bonds. The Hall–Kier alpha value is -2.67. The molecule has 0 N–H and O–H groups in total. The lowest BCUT2D eigenvalue weighted by molar-refractivity contribution is -0.0151. The molecule has 180 valence electrons. The number of halogens is 1. The number of nitrogens with zero attached hydrogens (tertiary/aromatic N) is 2. The van der Waals surface area contributed by atoms with Gasteiger partial charge >= 0.3 is 0 Å². The highest BCUT2D eigenvalue weighted by Gasteiger charge is 2.43. The molecule has 1 spiro atoms. The number of likely N-dealkylation sites (tertiary alicyclic amines) is 1. The summed E-state index contributed by atoms with van der Waals surface area (Å²) in [4.78, 5) is 2.47. The van der Waals surface area contributed by atoms with Crippen LogP contribution in [0.15, 0.2) is 54.7 Å². The molecule has 0 bridgehead atoms. The molecule has 34 heavy (non-hydrogen) atoms. The quantitative estimate of drug-likeness (QED) is 0.449. The van der Waals surface area contributed by atoms with Crippen molar-refractivity contribution in [1.82, 2.24) is 9.47 Å². The number of fused-ring (bicyclic) bond motifs is 4. The lowest BCUT2D eigenvalue weighted by Gasteiger charge is -2.45. The number of piperidine rings is 1. The zero-order valence-electron chi connectivity index (χ0n) is 19.9. The number of benzene rings is 2. The van der Waals surface area contributed by atoms with Crippen molar-refractivity contribution in [3.8, 4) is 22.9 Å². The summed E-state index contributed by atoms with van der Waals surface area (Å²) in [7, 11) is 3.36. The van der Waals surface area contributed by atoms with Crippen LogP contribution in [0.2, 0.25) is 5.02 Å². The van der Waals surface area contributed by atoms with Crippen molar-refractivity contribution >= 4 is 11.6 Å². The Morgan fingerprint density at radius 1 is 1.06 bits per heavy atom. The first kappa shape index (κ1) is 23.1. The first-order valence-electron chi connectivity index (χ1n) is 11.7. The first-order valence-corrected chi connectivity index (χ1v) is 12.1. The Morgan fingerprint density at radius 3 is 2.65 bits per heavy atom. The van der Waals surface area contributed by atoms with E-state index in [0.29, 0.717) is 11.6 Å². The maximum Gasteiger partial charge on any atom is 0.161 e. The van der Waals surface area contributed by atoms with Crippen LogP contribution in [0.4, 0.5) is 0 Å². The molecule has 3 heterocycles. The van der Waals surface area contributed by atoms with Crippen LogP contribution in [-0.4, -0.2) is 49.5 Å². The van der Waals surface area contributed by atoms with Crippen LogP contribution in [-0.2, 0) is 16.9 Å². The van der Waals surface area contributed by atoms with Gasteiger partial charge in [0.05, 0.1) is 24.6 Å². The summed E-state index contributed by atoms with van der Waals surface area (Å²) in [6.07, 6.45) is 3.96. The molecule has 0 saturated carbocycles. The summed E-state index contributed by atoms with van der Waals surface area (Å²) >= 11 is 6.27. The molecule has 5 rings (SSSR count). The number of hydrogen-bond donors (Lipinski definition) is 0. The minimum atomic E-state index is -0.328. The highest BCUT2D eigenvalue weighted by molar-refractivity contribution is 6.30. The lowest BCUT2D eigenvalue weighted by atomic mass is 9.86. The summed E-state index contributed by atoms with van der Waals surface area (Å²) in [6, 6.07) is 16.3. The van der Waals surface area contributed by atoms with Crippen LogP contribution in [0.1, 0.15) is 31.0 Å². The predicted molar refractivity (Wildman–Crippen MR) is 133 cm³/mol. The molecule has 6 nitrogen and oxygen atoms in total. The second-order valence-electron chi connectivity index (χ2n) is 9.09. The van der Waals surface area contributed by atoms with Crippen molar-refractivity contribution in [2.45, 2.75) is 38.0 Å². The fourth-order valence-corrected chi connectivity index (χ4v) is 5.05. The van der Waals surface area contributed by atoms with Gasteiger partial charge in [-0.25, -0.2) is 0 Å². The van der Waals surface area contributed by atoms with Gasteiger partial charge in [0.2, 0.25) is 0 Å². The third-order valence-corrected chi connectivity index (χ3v) is 7.11. The van der Waals surface area contributed by atoms with Crippen LogP contribution in [0.5, 0.6) is 17.2 Å². The second kappa shape index (κ2) is 9.53. The highest BCUT2D eigenvalue weighted by Crippen LogP contribution is 2.46. The average Bonchev–Trinajstić information content (AvgIpc) is 3.35. The van der Waals surface area contributed by atoms with E-state index in [0.717, 1.165) is 55.4 Å². The normalized spacial score (nSPS) is 17.5. The number of aromatic nitrogens is 1. The fourth-order valence-electron chi connectivity index (χ4n) is 4.89. The summed E-state index contributed by atoms with van der Waals surface area (Å²) < 4.78 is 25.6. The zero-order chi connectivity index (χ0) is 23.7. The van der Waals surface area contributed by atoms with Gasteiger partial charge in [0.1, 0.15) is 12.4 Å². The minimum absolute atomic E-state index is 0.0242. The maximum absolute atomic E-state index is 6.65. The second-order valence-corrected chi connectivity index (χ2v) is 9.53. The van der Waals surface area contributed by atoms with Gasteiger partial charge in [0, 0.05) is 56.9 Å². The molecule has 0 aliphatic carbocycles. The van der Waals surface area contributed by atoms with Crippen LogP contribution in [0.3, 0.4) is 0 Å². The predicted octanol–water partition coefficient (Wildman–Crippen LogP) is 5.44. The van der Waals surface area contributed by atoms with E-state index in [2.05, 4.69) is 39.9 Å². The molecule has 1 aromatic heterocycles. The van der Waals surface area contributed by atoms with Gasteiger partial charge in [-0.2, -0.15) is 0 Å². The Bertz CT molecular complexity index is 1150. The van der Waals surface area contributed by atoms with Crippen molar-refractivity contribution in [3.05, 3.63) is 71.0 Å². The average molecular weight is 483 g/mol. The minimum Gasteiger partial charge on any atom is -0.493 e. The summed E-state index contributed by atoms with van der Waals surface area (Å²) in [5.74, 6) is 2.34. The SMILES string of the molecule is COc1cc(CN2CCC3(CC2)Oc2cc(Cl)ccc2-n2cccc23)ccc1OC[C@H](C)OC. The van der Waals surface area contributed by atoms with Crippen LogP contribution in [0, 0.1) is 0 Å². The smallest absolute Gasteiger partial charge is 0.161 e. The zero-order valence-corrected chi connectivity index (χ0v) is 20.7. The molecule has 0 radical (unpaired) electrons. The Labute approximate surface area is 205 Å².